The highest BCUT2D eigenvalue weighted by atomic mass is 32.1. The highest BCUT2D eigenvalue weighted by Gasteiger charge is 2.35. The smallest absolute Gasteiger partial charge is 0.330 e. The Morgan fingerprint density at radius 3 is 2.18 bits per heavy atom. The minimum absolute atomic E-state index is 0.00357. The van der Waals surface area contributed by atoms with Crippen molar-refractivity contribution in [1.29, 1.82) is 0 Å². The third-order valence-corrected chi connectivity index (χ3v) is 8.52. The second-order valence-electron chi connectivity index (χ2n) is 11.2. The van der Waals surface area contributed by atoms with Crippen LogP contribution in [0.3, 0.4) is 0 Å². The van der Waals surface area contributed by atoms with Crippen LogP contribution < -0.4 is 0 Å². The molecule has 1 aliphatic heterocycles. The minimum atomic E-state index is -4.48. The highest BCUT2D eigenvalue weighted by molar-refractivity contribution is 7.10. The van der Waals surface area contributed by atoms with Crippen LogP contribution in [0.4, 0.5) is 13.2 Å². The molecule has 2 amide bonds. The molecular formula is C31H35F3N2O2S. The molecule has 2 aromatic carbocycles. The average Bonchev–Trinajstić information content (AvgIpc) is 3.38. The van der Waals surface area contributed by atoms with Gasteiger partial charge >= 0.3 is 6.18 Å². The van der Waals surface area contributed by atoms with Gasteiger partial charge in [0.1, 0.15) is 6.54 Å². The van der Waals surface area contributed by atoms with Crippen molar-refractivity contribution in [3.8, 4) is 0 Å². The summed E-state index contributed by atoms with van der Waals surface area (Å²) in [7, 11) is 0. The van der Waals surface area contributed by atoms with Gasteiger partial charge in [-0.05, 0) is 77.6 Å². The quantitative estimate of drug-likeness (QED) is 0.316. The predicted octanol–water partition coefficient (Wildman–Crippen LogP) is 7.48. The Bertz CT molecular complexity index is 1310. The molecule has 0 spiro atoms. The molecule has 0 N–H and O–H groups in total. The van der Waals surface area contributed by atoms with E-state index >= 15 is 0 Å². The van der Waals surface area contributed by atoms with Gasteiger partial charge in [0, 0.05) is 23.0 Å². The van der Waals surface area contributed by atoms with Gasteiger partial charge in [0.2, 0.25) is 5.91 Å². The predicted molar refractivity (Wildman–Crippen MR) is 149 cm³/mol. The summed E-state index contributed by atoms with van der Waals surface area (Å²) in [6.45, 7) is 10.6. The van der Waals surface area contributed by atoms with E-state index in [4.69, 9.17) is 0 Å². The van der Waals surface area contributed by atoms with Gasteiger partial charge in [-0.25, -0.2) is 0 Å². The van der Waals surface area contributed by atoms with E-state index in [1.165, 1.54) is 27.5 Å². The fraction of sp³-hybridized carbons (Fsp3) is 0.419. The molecule has 0 aliphatic carbocycles. The van der Waals surface area contributed by atoms with Crippen LogP contribution in [-0.2, 0) is 22.8 Å². The molecule has 0 fully saturated rings. The molecule has 3 aromatic rings. The number of fused-ring (bicyclic) bond motifs is 1. The second-order valence-corrected chi connectivity index (χ2v) is 12.2. The van der Waals surface area contributed by atoms with Gasteiger partial charge < -0.3 is 9.80 Å². The van der Waals surface area contributed by atoms with Gasteiger partial charge in [-0.1, -0.05) is 52.0 Å². The molecule has 8 heteroatoms. The molecular weight excluding hydrogens is 521 g/mol. The summed E-state index contributed by atoms with van der Waals surface area (Å²) < 4.78 is 39.1. The van der Waals surface area contributed by atoms with Crippen molar-refractivity contribution < 1.29 is 22.8 Å². The Morgan fingerprint density at radius 2 is 1.62 bits per heavy atom. The van der Waals surface area contributed by atoms with Crippen molar-refractivity contribution >= 4 is 23.2 Å². The van der Waals surface area contributed by atoms with Crippen molar-refractivity contribution in [3.05, 3.63) is 92.7 Å². The summed E-state index contributed by atoms with van der Waals surface area (Å²) >= 11 is 1.69. The first-order valence-electron chi connectivity index (χ1n) is 13.3. The molecule has 2 atom stereocenters. The fourth-order valence-corrected chi connectivity index (χ4v) is 5.87. The number of carbonyl (C=O) groups excluding carboxylic acids is 2. The number of rotatable bonds is 6. The van der Waals surface area contributed by atoms with Crippen LogP contribution in [0.1, 0.15) is 84.6 Å². The Balaban J connectivity index is 1.62. The molecule has 208 valence electrons. The Kier molecular flexibility index (Phi) is 8.26. The van der Waals surface area contributed by atoms with E-state index in [0.717, 1.165) is 29.7 Å². The number of benzene rings is 2. The lowest BCUT2D eigenvalue weighted by molar-refractivity contribution is -0.137. The Morgan fingerprint density at radius 1 is 1.00 bits per heavy atom. The summed E-state index contributed by atoms with van der Waals surface area (Å²) in [5.74, 6) is -0.636. The van der Waals surface area contributed by atoms with Gasteiger partial charge in [0.05, 0.1) is 11.6 Å². The standard InChI is InChI=1S/C31H35F3N2O2S/c1-6-20(2)36(29(38)22-9-13-24(14-10-22)31(32,33)34)19-27(37)35-17-15-26-25(16-18-39-26)28(35)21-7-11-23(12-8-21)30(3,4)5/h7-14,16,18,20,28H,6,15,17,19H2,1-5H3. The number of amides is 2. The first-order valence-corrected chi connectivity index (χ1v) is 14.1. The van der Waals surface area contributed by atoms with E-state index in [0.29, 0.717) is 13.0 Å². The lowest BCUT2D eigenvalue weighted by Gasteiger charge is -2.38. The monoisotopic (exact) mass is 556 g/mol. The SMILES string of the molecule is CCC(C)N(CC(=O)N1CCc2sccc2C1c1ccc(C(C)(C)C)cc1)C(=O)c1ccc(C(F)(F)F)cc1. The summed E-state index contributed by atoms with van der Waals surface area (Å²) in [5.41, 5.74) is 2.64. The number of hydrogen-bond acceptors (Lipinski definition) is 3. The Labute approximate surface area is 232 Å². The molecule has 0 bridgehead atoms. The lowest BCUT2D eigenvalue weighted by atomic mass is 9.85. The zero-order valence-corrected chi connectivity index (χ0v) is 23.8. The van der Waals surface area contributed by atoms with Crippen molar-refractivity contribution in [2.24, 2.45) is 0 Å². The largest absolute Gasteiger partial charge is 0.416 e. The van der Waals surface area contributed by atoms with Crippen LogP contribution in [-0.4, -0.2) is 40.7 Å². The van der Waals surface area contributed by atoms with E-state index in [-0.39, 0.29) is 35.5 Å². The van der Waals surface area contributed by atoms with E-state index in [1.54, 1.807) is 11.3 Å². The molecule has 1 aliphatic rings. The van der Waals surface area contributed by atoms with Crippen LogP contribution >= 0.6 is 11.3 Å². The lowest BCUT2D eigenvalue weighted by Crippen LogP contribution is -2.49. The molecule has 2 unspecified atom stereocenters. The molecule has 0 radical (unpaired) electrons. The number of halogens is 3. The van der Waals surface area contributed by atoms with Crippen LogP contribution in [0, 0.1) is 0 Å². The zero-order chi connectivity index (χ0) is 28.5. The number of alkyl halides is 3. The normalized spacial score (nSPS) is 16.5. The van der Waals surface area contributed by atoms with Gasteiger partial charge in [-0.15, -0.1) is 11.3 Å². The van der Waals surface area contributed by atoms with Crippen molar-refractivity contribution in [1.82, 2.24) is 9.80 Å². The van der Waals surface area contributed by atoms with E-state index < -0.39 is 17.6 Å². The first kappa shape index (κ1) is 28.9. The van der Waals surface area contributed by atoms with E-state index in [1.807, 2.05) is 18.7 Å². The molecule has 4 rings (SSSR count). The fourth-order valence-electron chi connectivity index (χ4n) is 4.96. The van der Waals surface area contributed by atoms with Gasteiger partial charge in [-0.3, -0.25) is 9.59 Å². The topological polar surface area (TPSA) is 40.6 Å². The third kappa shape index (κ3) is 6.21. The van der Waals surface area contributed by atoms with Crippen molar-refractivity contribution in [2.45, 2.75) is 71.1 Å². The third-order valence-electron chi connectivity index (χ3n) is 7.53. The molecule has 4 nitrogen and oxygen atoms in total. The van der Waals surface area contributed by atoms with E-state index in [2.05, 4.69) is 56.5 Å². The van der Waals surface area contributed by atoms with Crippen molar-refractivity contribution in [2.75, 3.05) is 13.1 Å². The minimum Gasteiger partial charge on any atom is -0.330 e. The maximum Gasteiger partial charge on any atom is 0.416 e. The van der Waals surface area contributed by atoms with Crippen LogP contribution in [0.15, 0.2) is 60.0 Å². The van der Waals surface area contributed by atoms with Crippen LogP contribution in [0.5, 0.6) is 0 Å². The Hall–Kier alpha value is -3.13. The average molecular weight is 557 g/mol. The molecule has 1 aromatic heterocycles. The van der Waals surface area contributed by atoms with E-state index in [9.17, 15) is 22.8 Å². The van der Waals surface area contributed by atoms with Gasteiger partial charge in [0.15, 0.2) is 0 Å². The zero-order valence-electron chi connectivity index (χ0n) is 23.0. The van der Waals surface area contributed by atoms with Gasteiger partial charge in [-0.2, -0.15) is 13.2 Å². The summed E-state index contributed by atoms with van der Waals surface area (Å²) in [4.78, 5) is 31.9. The summed E-state index contributed by atoms with van der Waals surface area (Å²) in [6.07, 6.45) is -3.14. The second kappa shape index (κ2) is 11.2. The molecule has 0 saturated carbocycles. The van der Waals surface area contributed by atoms with Crippen molar-refractivity contribution in [3.63, 3.8) is 0 Å². The number of carbonyl (C=O) groups is 2. The summed E-state index contributed by atoms with van der Waals surface area (Å²) in [5, 5.41) is 2.05. The van der Waals surface area contributed by atoms with Crippen LogP contribution in [0.25, 0.3) is 0 Å². The summed E-state index contributed by atoms with van der Waals surface area (Å²) in [6, 6.07) is 14.1. The van der Waals surface area contributed by atoms with Crippen LogP contribution in [0.2, 0.25) is 0 Å². The number of hydrogen-bond donors (Lipinski definition) is 0. The number of thiophene rings is 1. The molecule has 2 heterocycles. The van der Waals surface area contributed by atoms with Gasteiger partial charge in [0.25, 0.3) is 5.91 Å². The number of nitrogens with zero attached hydrogens (tertiary/aromatic N) is 2. The molecule has 0 saturated heterocycles. The molecule has 39 heavy (non-hydrogen) atoms. The maximum absolute atomic E-state index is 13.9. The first-order chi connectivity index (χ1) is 18.3. The highest BCUT2D eigenvalue weighted by Crippen LogP contribution is 2.39. The maximum atomic E-state index is 13.9.